The number of aromatic nitrogens is 2. The van der Waals surface area contributed by atoms with E-state index in [1.807, 2.05) is 13.0 Å². The molecule has 1 rings (SSSR count). The Bertz CT molecular complexity index is 375. The lowest BCUT2D eigenvalue weighted by molar-refractivity contribution is 0.344. The summed E-state index contributed by atoms with van der Waals surface area (Å²) < 4.78 is 6.68. The van der Waals surface area contributed by atoms with E-state index in [4.69, 9.17) is 10.00 Å². The first-order valence-corrected chi connectivity index (χ1v) is 4.93. The summed E-state index contributed by atoms with van der Waals surface area (Å²) in [6.07, 6.45) is 3.99. The summed E-state index contributed by atoms with van der Waals surface area (Å²) in [5.74, 6) is 0.416. The molecule has 1 heterocycles. The smallest absolute Gasteiger partial charge is 0.194 e. The van der Waals surface area contributed by atoms with Crippen molar-refractivity contribution in [2.45, 2.75) is 26.8 Å². The Hall–Kier alpha value is -1.83. The standard InChI is InChI=1S/C10H14N4O/c1-3-5-14-7-9(6-11)10(13-14)12-8-15-4-2/h7-8H,3-5H2,1-2H3. The highest BCUT2D eigenvalue weighted by molar-refractivity contribution is 5.57. The predicted octanol–water partition coefficient (Wildman–Crippen LogP) is 1.86. The van der Waals surface area contributed by atoms with E-state index < -0.39 is 0 Å². The summed E-state index contributed by atoms with van der Waals surface area (Å²) in [6.45, 7) is 5.27. The zero-order valence-electron chi connectivity index (χ0n) is 8.97. The molecule has 0 radical (unpaired) electrons. The van der Waals surface area contributed by atoms with E-state index >= 15 is 0 Å². The minimum Gasteiger partial charge on any atom is -0.483 e. The normalized spacial score (nSPS) is 10.5. The molecule has 0 N–H and O–H groups in total. The number of ether oxygens (including phenoxy) is 1. The SMILES string of the molecule is CCCn1cc(C#N)c(N=COCC)n1. The molecule has 0 saturated heterocycles. The molecule has 0 aromatic carbocycles. The molecular weight excluding hydrogens is 192 g/mol. The molecule has 1 aromatic rings. The maximum absolute atomic E-state index is 8.84. The van der Waals surface area contributed by atoms with Crippen LogP contribution >= 0.6 is 0 Å². The second-order valence-corrected chi connectivity index (χ2v) is 2.93. The molecule has 0 aliphatic heterocycles. The molecule has 0 atom stereocenters. The van der Waals surface area contributed by atoms with Gasteiger partial charge < -0.3 is 4.74 Å². The number of aliphatic imine (C=N–C) groups is 1. The zero-order valence-corrected chi connectivity index (χ0v) is 8.97. The van der Waals surface area contributed by atoms with Crippen molar-refractivity contribution in [2.24, 2.45) is 4.99 Å². The Labute approximate surface area is 89.0 Å². The van der Waals surface area contributed by atoms with Crippen LogP contribution in [0, 0.1) is 11.3 Å². The summed E-state index contributed by atoms with van der Waals surface area (Å²) in [4.78, 5) is 3.97. The summed E-state index contributed by atoms with van der Waals surface area (Å²) in [6, 6.07) is 2.05. The highest BCUT2D eigenvalue weighted by atomic mass is 16.5. The van der Waals surface area contributed by atoms with Gasteiger partial charge in [0.15, 0.2) is 12.2 Å². The maximum Gasteiger partial charge on any atom is 0.194 e. The van der Waals surface area contributed by atoms with Crippen molar-refractivity contribution >= 4 is 12.2 Å². The van der Waals surface area contributed by atoms with Crippen molar-refractivity contribution in [1.82, 2.24) is 9.78 Å². The lowest BCUT2D eigenvalue weighted by atomic mass is 10.4. The second kappa shape index (κ2) is 5.81. The predicted molar refractivity (Wildman–Crippen MR) is 57.0 cm³/mol. The quantitative estimate of drug-likeness (QED) is 0.545. The van der Waals surface area contributed by atoms with Crippen LogP contribution in [0.5, 0.6) is 0 Å². The third-order valence-corrected chi connectivity index (χ3v) is 1.73. The first-order valence-electron chi connectivity index (χ1n) is 4.93. The maximum atomic E-state index is 8.84. The highest BCUT2D eigenvalue weighted by Gasteiger charge is 2.05. The molecule has 80 valence electrons. The minimum absolute atomic E-state index is 0.416. The van der Waals surface area contributed by atoms with E-state index in [-0.39, 0.29) is 0 Å². The average molecular weight is 206 g/mol. The van der Waals surface area contributed by atoms with Gasteiger partial charge in [-0.05, 0) is 13.3 Å². The number of aryl methyl sites for hydroxylation is 1. The molecule has 5 nitrogen and oxygen atoms in total. The molecule has 0 amide bonds. The Kier molecular flexibility index (Phi) is 4.35. The van der Waals surface area contributed by atoms with Crippen molar-refractivity contribution in [2.75, 3.05) is 6.61 Å². The van der Waals surface area contributed by atoms with Crippen LogP contribution in [0.1, 0.15) is 25.8 Å². The molecule has 0 spiro atoms. The number of rotatable bonds is 5. The van der Waals surface area contributed by atoms with Gasteiger partial charge in [0, 0.05) is 12.7 Å². The van der Waals surface area contributed by atoms with Gasteiger partial charge in [-0.1, -0.05) is 6.92 Å². The summed E-state index contributed by atoms with van der Waals surface area (Å²) >= 11 is 0. The third-order valence-electron chi connectivity index (χ3n) is 1.73. The van der Waals surface area contributed by atoms with Gasteiger partial charge in [-0.3, -0.25) is 4.68 Å². The van der Waals surface area contributed by atoms with Gasteiger partial charge in [-0.25, -0.2) is 0 Å². The molecule has 0 aliphatic rings. The van der Waals surface area contributed by atoms with Gasteiger partial charge in [-0.15, -0.1) is 0 Å². The van der Waals surface area contributed by atoms with Crippen molar-refractivity contribution < 1.29 is 4.74 Å². The molecule has 0 unspecified atom stereocenters. The number of hydrogen-bond acceptors (Lipinski definition) is 4. The van der Waals surface area contributed by atoms with Crippen molar-refractivity contribution in [3.63, 3.8) is 0 Å². The van der Waals surface area contributed by atoms with E-state index in [1.54, 1.807) is 10.9 Å². The molecule has 0 aliphatic carbocycles. The van der Waals surface area contributed by atoms with Gasteiger partial charge in [0.1, 0.15) is 11.6 Å². The van der Waals surface area contributed by atoms with Crippen LogP contribution in [0.15, 0.2) is 11.2 Å². The van der Waals surface area contributed by atoms with Gasteiger partial charge in [0.2, 0.25) is 0 Å². The first kappa shape index (κ1) is 11.2. The molecule has 0 bridgehead atoms. The Balaban J connectivity index is 2.81. The largest absolute Gasteiger partial charge is 0.483 e. The Morgan fingerprint density at radius 1 is 1.67 bits per heavy atom. The topological polar surface area (TPSA) is 63.2 Å². The second-order valence-electron chi connectivity index (χ2n) is 2.93. The molecule has 1 aromatic heterocycles. The molecular formula is C10H14N4O. The first-order chi connectivity index (χ1) is 7.31. The van der Waals surface area contributed by atoms with Crippen LogP contribution in [-0.2, 0) is 11.3 Å². The molecule has 15 heavy (non-hydrogen) atoms. The number of hydrogen-bond donors (Lipinski definition) is 0. The van der Waals surface area contributed by atoms with Gasteiger partial charge in [-0.2, -0.15) is 15.4 Å². The highest BCUT2D eigenvalue weighted by Crippen LogP contribution is 2.14. The fraction of sp³-hybridized carbons (Fsp3) is 0.500. The van der Waals surface area contributed by atoms with Crippen LogP contribution in [0.4, 0.5) is 5.82 Å². The van der Waals surface area contributed by atoms with Crippen molar-refractivity contribution in [1.29, 1.82) is 5.26 Å². The Morgan fingerprint density at radius 2 is 2.47 bits per heavy atom. The van der Waals surface area contributed by atoms with Crippen LogP contribution in [0.25, 0.3) is 0 Å². The zero-order chi connectivity index (χ0) is 11.1. The van der Waals surface area contributed by atoms with E-state index in [2.05, 4.69) is 17.0 Å². The van der Waals surface area contributed by atoms with Crippen molar-refractivity contribution in [3.05, 3.63) is 11.8 Å². The van der Waals surface area contributed by atoms with Gasteiger partial charge >= 0.3 is 0 Å². The minimum atomic E-state index is 0.416. The van der Waals surface area contributed by atoms with Crippen LogP contribution < -0.4 is 0 Å². The fourth-order valence-corrected chi connectivity index (χ4v) is 1.09. The summed E-state index contributed by atoms with van der Waals surface area (Å²) in [5, 5.41) is 13.0. The van der Waals surface area contributed by atoms with Crippen LogP contribution in [0.3, 0.4) is 0 Å². The van der Waals surface area contributed by atoms with E-state index in [9.17, 15) is 0 Å². The van der Waals surface area contributed by atoms with Crippen LogP contribution in [-0.4, -0.2) is 22.8 Å². The molecule has 0 fully saturated rings. The van der Waals surface area contributed by atoms with E-state index in [0.29, 0.717) is 18.0 Å². The van der Waals surface area contributed by atoms with Crippen molar-refractivity contribution in [3.8, 4) is 6.07 Å². The lowest BCUT2D eigenvalue weighted by Crippen LogP contribution is -1.95. The summed E-state index contributed by atoms with van der Waals surface area (Å²) in [5.41, 5.74) is 0.472. The molecule has 0 saturated carbocycles. The average Bonchev–Trinajstić information content (AvgIpc) is 2.62. The lowest BCUT2D eigenvalue weighted by Gasteiger charge is -1.94. The Morgan fingerprint density at radius 3 is 3.07 bits per heavy atom. The van der Waals surface area contributed by atoms with Crippen LogP contribution in [0.2, 0.25) is 0 Å². The fourth-order valence-electron chi connectivity index (χ4n) is 1.09. The van der Waals surface area contributed by atoms with Gasteiger partial charge in [0.25, 0.3) is 0 Å². The summed E-state index contributed by atoms with van der Waals surface area (Å²) in [7, 11) is 0. The van der Waals surface area contributed by atoms with E-state index in [1.165, 1.54) is 6.40 Å². The third kappa shape index (κ3) is 3.09. The van der Waals surface area contributed by atoms with Gasteiger partial charge in [0.05, 0.1) is 6.61 Å². The monoisotopic (exact) mass is 206 g/mol. The van der Waals surface area contributed by atoms with E-state index in [0.717, 1.165) is 13.0 Å². The number of nitriles is 1. The number of nitrogens with zero attached hydrogens (tertiary/aromatic N) is 4. The molecule has 5 heteroatoms.